The van der Waals surface area contributed by atoms with E-state index in [4.69, 9.17) is 0 Å². The number of pyridine rings is 2. The summed E-state index contributed by atoms with van der Waals surface area (Å²) in [5, 5.41) is 10.2. The summed E-state index contributed by atoms with van der Waals surface area (Å²) in [6.07, 6.45) is 3.90. The lowest BCUT2D eigenvalue weighted by Crippen LogP contribution is -2.25. The van der Waals surface area contributed by atoms with Crippen LogP contribution in [-0.4, -0.2) is 36.8 Å². The number of hydrogen-bond acceptors (Lipinski definition) is 5. The highest BCUT2D eigenvalue weighted by atomic mass is 32.2. The summed E-state index contributed by atoms with van der Waals surface area (Å²) < 4.78 is 23.8. The molecule has 0 aliphatic heterocycles. The second-order valence-corrected chi connectivity index (χ2v) is 5.64. The summed E-state index contributed by atoms with van der Waals surface area (Å²) in [5.41, 5.74) is 0.327. The lowest BCUT2D eigenvalue weighted by atomic mass is 10.2. The Bertz CT molecular complexity index is 670. The number of aromatic nitrogens is 2. The van der Waals surface area contributed by atoms with Crippen LogP contribution < -0.4 is 4.31 Å². The molecule has 7 heteroatoms. The maximum absolute atomic E-state index is 11.4. The van der Waals surface area contributed by atoms with E-state index in [-0.39, 0.29) is 11.6 Å². The highest BCUT2D eigenvalue weighted by Crippen LogP contribution is 2.24. The molecule has 90 valence electrons. The summed E-state index contributed by atoms with van der Waals surface area (Å²) in [6, 6.07) is 3.22. The van der Waals surface area contributed by atoms with Gasteiger partial charge in [0.1, 0.15) is 11.3 Å². The summed E-state index contributed by atoms with van der Waals surface area (Å²) >= 11 is 0. The highest BCUT2D eigenvalue weighted by Gasteiger charge is 2.14. The molecule has 0 radical (unpaired) electrons. The molecule has 0 aromatic carbocycles. The molecule has 2 aromatic heterocycles. The van der Waals surface area contributed by atoms with E-state index >= 15 is 0 Å². The van der Waals surface area contributed by atoms with Gasteiger partial charge in [0, 0.05) is 18.6 Å². The number of hydrogen-bond donors (Lipinski definition) is 1. The van der Waals surface area contributed by atoms with E-state index in [1.165, 1.54) is 13.2 Å². The zero-order chi connectivity index (χ0) is 12.6. The van der Waals surface area contributed by atoms with Crippen LogP contribution in [0.2, 0.25) is 0 Å². The Hall–Kier alpha value is -1.89. The van der Waals surface area contributed by atoms with E-state index in [2.05, 4.69) is 9.97 Å². The maximum Gasteiger partial charge on any atom is 0.233 e. The van der Waals surface area contributed by atoms with Gasteiger partial charge in [0.15, 0.2) is 5.75 Å². The van der Waals surface area contributed by atoms with Gasteiger partial charge < -0.3 is 5.11 Å². The van der Waals surface area contributed by atoms with Crippen LogP contribution in [0, 0.1) is 0 Å². The fourth-order valence-corrected chi connectivity index (χ4v) is 1.81. The van der Waals surface area contributed by atoms with Crippen molar-refractivity contribution in [1.82, 2.24) is 9.97 Å². The van der Waals surface area contributed by atoms with Crippen molar-refractivity contribution in [2.45, 2.75) is 0 Å². The first kappa shape index (κ1) is 11.6. The van der Waals surface area contributed by atoms with E-state index in [9.17, 15) is 13.5 Å². The van der Waals surface area contributed by atoms with Gasteiger partial charge in [-0.3, -0.25) is 9.29 Å². The van der Waals surface area contributed by atoms with E-state index in [1.807, 2.05) is 0 Å². The number of aromatic hydroxyl groups is 1. The number of fused-ring (bicyclic) bond motifs is 1. The third-order valence-corrected chi connectivity index (χ3v) is 3.57. The van der Waals surface area contributed by atoms with Crippen molar-refractivity contribution in [3.63, 3.8) is 0 Å². The minimum atomic E-state index is -3.36. The highest BCUT2D eigenvalue weighted by molar-refractivity contribution is 7.92. The Morgan fingerprint density at radius 3 is 2.65 bits per heavy atom. The Balaban J connectivity index is 2.63. The van der Waals surface area contributed by atoms with Gasteiger partial charge in [-0.2, -0.15) is 0 Å². The molecule has 0 spiro atoms. The van der Waals surface area contributed by atoms with Crippen LogP contribution in [0.25, 0.3) is 10.9 Å². The predicted octanol–water partition coefficient (Wildman–Crippen LogP) is 0.731. The molecule has 0 aliphatic carbocycles. The molecule has 6 nitrogen and oxygen atoms in total. The van der Waals surface area contributed by atoms with Crippen LogP contribution in [0.5, 0.6) is 5.75 Å². The molecule has 2 heterocycles. The maximum atomic E-state index is 11.4. The summed E-state index contributed by atoms with van der Waals surface area (Å²) in [7, 11) is -1.96. The molecule has 0 aliphatic rings. The van der Waals surface area contributed by atoms with Gasteiger partial charge in [-0.1, -0.05) is 0 Å². The fourth-order valence-electron chi connectivity index (χ4n) is 1.36. The lowest BCUT2D eigenvalue weighted by Gasteiger charge is -2.15. The molecule has 2 rings (SSSR count). The zero-order valence-corrected chi connectivity index (χ0v) is 10.1. The van der Waals surface area contributed by atoms with Crippen LogP contribution in [0.1, 0.15) is 0 Å². The molecule has 17 heavy (non-hydrogen) atoms. The third kappa shape index (κ3) is 2.14. The average molecular weight is 253 g/mol. The topological polar surface area (TPSA) is 83.4 Å². The Labute approximate surface area is 98.6 Å². The van der Waals surface area contributed by atoms with Gasteiger partial charge in [0.25, 0.3) is 0 Å². The molecule has 0 atom stereocenters. The minimum absolute atomic E-state index is 0.0775. The van der Waals surface area contributed by atoms with Crippen LogP contribution in [0.15, 0.2) is 24.5 Å². The normalized spacial score (nSPS) is 11.6. The van der Waals surface area contributed by atoms with Gasteiger partial charge in [-0.25, -0.2) is 13.4 Å². The van der Waals surface area contributed by atoms with Gasteiger partial charge in [-0.05, 0) is 12.1 Å². The zero-order valence-electron chi connectivity index (χ0n) is 9.32. The molecule has 1 N–H and O–H groups in total. The number of sulfonamides is 1. The first-order valence-corrected chi connectivity index (χ1v) is 6.62. The molecular weight excluding hydrogens is 242 g/mol. The van der Waals surface area contributed by atoms with Gasteiger partial charge in [0.05, 0.1) is 12.5 Å². The standard InChI is InChI=1S/C10H11N3O3S/c1-13(17(2,15)16)9-4-3-7-5-11-6-8(14)10(7)12-9/h3-6,14H,1-2H3. The van der Waals surface area contributed by atoms with Crippen molar-refractivity contribution in [1.29, 1.82) is 0 Å². The summed E-state index contributed by atoms with van der Waals surface area (Å²) in [5.74, 6) is 0.174. The monoisotopic (exact) mass is 253 g/mol. The van der Waals surface area contributed by atoms with Crippen LogP contribution in [-0.2, 0) is 10.0 Å². The van der Waals surface area contributed by atoms with Crippen molar-refractivity contribution < 1.29 is 13.5 Å². The molecule has 0 saturated heterocycles. The van der Waals surface area contributed by atoms with Gasteiger partial charge in [-0.15, -0.1) is 0 Å². The van der Waals surface area contributed by atoms with Crippen molar-refractivity contribution in [2.75, 3.05) is 17.6 Å². The molecule has 0 amide bonds. The van der Waals surface area contributed by atoms with E-state index in [1.54, 1.807) is 18.3 Å². The molecule has 0 saturated carbocycles. The predicted molar refractivity (Wildman–Crippen MR) is 64.4 cm³/mol. The quantitative estimate of drug-likeness (QED) is 0.853. The Morgan fingerprint density at radius 2 is 2.00 bits per heavy atom. The van der Waals surface area contributed by atoms with Crippen LogP contribution in [0.3, 0.4) is 0 Å². The van der Waals surface area contributed by atoms with Gasteiger partial charge >= 0.3 is 0 Å². The van der Waals surface area contributed by atoms with Crippen molar-refractivity contribution >= 4 is 26.7 Å². The first-order valence-electron chi connectivity index (χ1n) is 4.77. The SMILES string of the molecule is CN(c1ccc2cncc(O)c2n1)S(C)(=O)=O. The Morgan fingerprint density at radius 1 is 1.29 bits per heavy atom. The average Bonchev–Trinajstić information content (AvgIpc) is 2.27. The van der Waals surface area contributed by atoms with E-state index in [0.717, 1.165) is 10.6 Å². The van der Waals surface area contributed by atoms with Crippen molar-refractivity contribution in [3.8, 4) is 5.75 Å². The summed E-state index contributed by atoms with van der Waals surface area (Å²) in [4.78, 5) is 7.91. The smallest absolute Gasteiger partial charge is 0.233 e. The molecule has 2 aromatic rings. The number of nitrogens with zero attached hydrogens (tertiary/aromatic N) is 3. The third-order valence-electron chi connectivity index (χ3n) is 2.38. The molecular formula is C10H11N3O3S. The second-order valence-electron chi connectivity index (χ2n) is 3.63. The van der Waals surface area contributed by atoms with E-state index < -0.39 is 10.0 Å². The number of anilines is 1. The van der Waals surface area contributed by atoms with Crippen molar-refractivity contribution in [2.24, 2.45) is 0 Å². The second kappa shape index (κ2) is 3.85. The van der Waals surface area contributed by atoms with Gasteiger partial charge in [0.2, 0.25) is 10.0 Å². The Kier molecular flexibility index (Phi) is 2.62. The minimum Gasteiger partial charge on any atom is -0.504 e. The van der Waals surface area contributed by atoms with Crippen LogP contribution >= 0.6 is 0 Å². The molecule has 0 fully saturated rings. The fraction of sp³-hybridized carbons (Fsp3) is 0.200. The molecule has 0 unspecified atom stereocenters. The van der Waals surface area contributed by atoms with Crippen LogP contribution in [0.4, 0.5) is 5.82 Å². The summed E-state index contributed by atoms with van der Waals surface area (Å²) in [6.45, 7) is 0. The lowest BCUT2D eigenvalue weighted by molar-refractivity contribution is 0.478. The first-order chi connectivity index (χ1) is 7.89. The number of rotatable bonds is 2. The van der Waals surface area contributed by atoms with E-state index in [0.29, 0.717) is 10.9 Å². The largest absolute Gasteiger partial charge is 0.504 e. The molecule has 0 bridgehead atoms. The van der Waals surface area contributed by atoms with Crippen molar-refractivity contribution in [3.05, 3.63) is 24.5 Å².